The molecule has 0 radical (unpaired) electrons. The maximum absolute atomic E-state index is 8.38. The van der Waals surface area contributed by atoms with Gasteiger partial charge in [0.2, 0.25) is 0 Å². The average molecular weight is 352 g/mol. The zero-order chi connectivity index (χ0) is 13.2. The number of hydrogen-bond acceptors (Lipinski definition) is 2. The van der Waals surface area contributed by atoms with Crippen molar-refractivity contribution in [3.63, 3.8) is 0 Å². The molecule has 17 heavy (non-hydrogen) atoms. The molecule has 100 valence electrons. The second kappa shape index (κ2) is 21.2. The van der Waals surface area contributed by atoms with Crippen molar-refractivity contribution in [2.24, 2.45) is 0 Å². The third kappa shape index (κ3) is 25.8. The Hall–Kier alpha value is -0.130. The summed E-state index contributed by atoms with van der Waals surface area (Å²) in [7, 11) is 0. The van der Waals surface area contributed by atoms with Crippen molar-refractivity contribution in [2.45, 2.75) is 38.5 Å². The number of halogens is 1. The molecule has 0 rings (SSSR count). The Balaban J connectivity index is 0. The fraction of sp³-hybridized carbons (Fsp3) is 0.571. The minimum atomic E-state index is 0.307. The van der Waals surface area contributed by atoms with E-state index >= 15 is 0 Å². The van der Waals surface area contributed by atoms with Crippen LogP contribution in [0.3, 0.4) is 0 Å². The Morgan fingerprint density at radius 1 is 0.882 bits per heavy atom. The predicted octanol–water partition coefficient (Wildman–Crippen LogP) is 3.99. The number of unbranched alkanes of at least 4 members (excludes halogenated alkanes) is 4. The monoisotopic (exact) mass is 352 g/mol. The highest BCUT2D eigenvalue weighted by Gasteiger charge is 1.80. The highest BCUT2D eigenvalue weighted by atomic mass is 127. The maximum Gasteiger partial charge on any atom is 0.0431 e. The van der Waals surface area contributed by atoms with E-state index in [9.17, 15) is 0 Å². The van der Waals surface area contributed by atoms with Crippen LogP contribution < -0.4 is 0 Å². The van der Waals surface area contributed by atoms with Gasteiger partial charge in [-0.1, -0.05) is 53.5 Å². The summed E-state index contributed by atoms with van der Waals surface area (Å²) in [6.45, 7) is 4.18. The Morgan fingerprint density at radius 2 is 1.41 bits per heavy atom. The van der Waals surface area contributed by atoms with Crippen molar-refractivity contribution in [1.82, 2.24) is 0 Å². The van der Waals surface area contributed by atoms with E-state index in [-0.39, 0.29) is 0 Å². The number of hydrogen-bond donors (Lipinski definition) is 2. The van der Waals surface area contributed by atoms with Crippen molar-refractivity contribution >= 4 is 22.6 Å². The van der Waals surface area contributed by atoms with Crippen LogP contribution in [0.4, 0.5) is 0 Å². The molecule has 0 aliphatic carbocycles. The van der Waals surface area contributed by atoms with Gasteiger partial charge in [0, 0.05) is 13.2 Å². The zero-order valence-electron chi connectivity index (χ0n) is 10.5. The normalized spacial score (nSPS) is 10.5. The molecule has 0 bridgehead atoms. The van der Waals surface area contributed by atoms with Gasteiger partial charge in [-0.25, -0.2) is 0 Å². The van der Waals surface area contributed by atoms with Gasteiger partial charge >= 0.3 is 0 Å². The highest BCUT2D eigenvalue weighted by Crippen LogP contribution is 1.96. The van der Waals surface area contributed by atoms with E-state index in [1.165, 1.54) is 0 Å². The highest BCUT2D eigenvalue weighted by molar-refractivity contribution is 14.1. The second-order valence-corrected chi connectivity index (χ2v) is 4.18. The molecular formula is C14H25IO2. The molecule has 0 saturated carbocycles. The molecule has 0 aliphatic heterocycles. The minimum absolute atomic E-state index is 0.307. The Labute approximate surface area is 119 Å². The summed E-state index contributed by atoms with van der Waals surface area (Å²) in [5.74, 6) is 0. The van der Waals surface area contributed by atoms with E-state index < -0.39 is 0 Å². The summed E-state index contributed by atoms with van der Waals surface area (Å²) >= 11 is 2.20. The summed E-state index contributed by atoms with van der Waals surface area (Å²) in [6.07, 6.45) is 14.0. The molecule has 0 spiro atoms. The van der Waals surface area contributed by atoms with Crippen LogP contribution in [0.25, 0.3) is 0 Å². The molecule has 0 aromatic heterocycles. The number of aliphatic hydroxyl groups excluding tert-OH is 2. The first-order valence-corrected chi connectivity index (χ1v) is 7.32. The number of aliphatic hydroxyl groups is 2. The first-order chi connectivity index (χ1) is 8.33. The van der Waals surface area contributed by atoms with Crippen molar-refractivity contribution < 1.29 is 10.2 Å². The van der Waals surface area contributed by atoms with Crippen LogP contribution in [0.15, 0.2) is 35.0 Å². The molecule has 0 heterocycles. The number of rotatable bonds is 9. The third-order valence-corrected chi connectivity index (χ3v) is 2.43. The Morgan fingerprint density at radius 3 is 1.82 bits per heavy atom. The average Bonchev–Trinajstić information content (AvgIpc) is 2.36. The van der Waals surface area contributed by atoms with Crippen molar-refractivity contribution in [3.8, 4) is 0 Å². The predicted molar refractivity (Wildman–Crippen MR) is 84.4 cm³/mol. The lowest BCUT2D eigenvalue weighted by molar-refractivity contribution is 0.285. The molecular weight excluding hydrogens is 327 g/mol. The van der Waals surface area contributed by atoms with Crippen molar-refractivity contribution in [1.29, 1.82) is 0 Å². The van der Waals surface area contributed by atoms with Crippen LogP contribution >= 0.6 is 22.6 Å². The smallest absolute Gasteiger partial charge is 0.0431 e. The van der Waals surface area contributed by atoms with E-state index in [4.69, 9.17) is 10.2 Å². The topological polar surface area (TPSA) is 40.5 Å². The van der Waals surface area contributed by atoms with E-state index in [0.717, 1.165) is 38.5 Å². The summed E-state index contributed by atoms with van der Waals surface area (Å²) in [5, 5.41) is 16.7. The Bertz CT molecular complexity index is 189. The van der Waals surface area contributed by atoms with Crippen LogP contribution in [0, 0.1) is 0 Å². The maximum atomic E-state index is 8.38. The summed E-state index contributed by atoms with van der Waals surface area (Å²) in [5.41, 5.74) is 0. The van der Waals surface area contributed by atoms with E-state index in [2.05, 4.69) is 41.3 Å². The van der Waals surface area contributed by atoms with Gasteiger partial charge in [0.25, 0.3) is 0 Å². The quantitative estimate of drug-likeness (QED) is 0.374. The molecule has 0 aromatic rings. The molecule has 0 unspecified atom stereocenters. The third-order valence-electron chi connectivity index (χ3n) is 1.92. The van der Waals surface area contributed by atoms with E-state index in [0.29, 0.717) is 13.2 Å². The first kappa shape index (κ1) is 19.2. The SMILES string of the molecule is C=C/C=C\CCCCO.OCCCC/C=C\I. The molecule has 0 amide bonds. The lowest BCUT2D eigenvalue weighted by Gasteiger charge is -1.88. The molecule has 3 heteroatoms. The van der Waals surface area contributed by atoms with Gasteiger partial charge < -0.3 is 10.2 Å². The second-order valence-electron chi connectivity index (χ2n) is 3.46. The fourth-order valence-corrected chi connectivity index (χ4v) is 1.36. The first-order valence-electron chi connectivity index (χ1n) is 6.08. The molecule has 2 N–H and O–H groups in total. The van der Waals surface area contributed by atoms with Gasteiger partial charge in [0.15, 0.2) is 0 Å². The van der Waals surface area contributed by atoms with Gasteiger partial charge in [-0.15, -0.1) is 0 Å². The van der Waals surface area contributed by atoms with Crippen LogP contribution in [-0.4, -0.2) is 23.4 Å². The lowest BCUT2D eigenvalue weighted by Crippen LogP contribution is -1.79. The van der Waals surface area contributed by atoms with Crippen LogP contribution in [0.5, 0.6) is 0 Å². The molecule has 0 atom stereocenters. The van der Waals surface area contributed by atoms with E-state index in [1.54, 1.807) is 6.08 Å². The standard InChI is InChI=1S/C8H14O.C6H11IO/c1-2-3-4-5-6-7-8-9;7-5-3-1-2-4-6-8/h2-4,9H,1,5-8H2;3,5,8H,1-2,4,6H2/b4-3-;5-3-. The van der Waals surface area contributed by atoms with Crippen LogP contribution in [0.2, 0.25) is 0 Å². The molecule has 0 aliphatic rings. The summed E-state index contributed by atoms with van der Waals surface area (Å²) in [4.78, 5) is 0. The van der Waals surface area contributed by atoms with Gasteiger partial charge in [-0.05, 0) is 42.6 Å². The van der Waals surface area contributed by atoms with Gasteiger partial charge in [0.1, 0.15) is 0 Å². The molecule has 0 saturated heterocycles. The van der Waals surface area contributed by atoms with E-state index in [1.807, 2.05) is 10.2 Å². The van der Waals surface area contributed by atoms with Gasteiger partial charge in [0.05, 0.1) is 0 Å². The van der Waals surface area contributed by atoms with Crippen LogP contribution in [-0.2, 0) is 0 Å². The van der Waals surface area contributed by atoms with Crippen molar-refractivity contribution in [3.05, 3.63) is 35.0 Å². The van der Waals surface area contributed by atoms with Gasteiger partial charge in [-0.2, -0.15) is 0 Å². The van der Waals surface area contributed by atoms with Gasteiger partial charge in [-0.3, -0.25) is 0 Å². The Kier molecular flexibility index (Phi) is 23.9. The lowest BCUT2D eigenvalue weighted by atomic mass is 10.2. The molecule has 0 aromatic carbocycles. The molecule has 0 fully saturated rings. The zero-order valence-corrected chi connectivity index (χ0v) is 12.7. The largest absolute Gasteiger partial charge is 0.396 e. The summed E-state index contributed by atoms with van der Waals surface area (Å²) < 4.78 is 2.01. The minimum Gasteiger partial charge on any atom is -0.396 e. The number of allylic oxidation sites excluding steroid dienone is 4. The van der Waals surface area contributed by atoms with Crippen LogP contribution in [0.1, 0.15) is 38.5 Å². The fourth-order valence-electron chi connectivity index (χ4n) is 1.00. The molecule has 2 nitrogen and oxygen atoms in total. The van der Waals surface area contributed by atoms with Crippen molar-refractivity contribution in [2.75, 3.05) is 13.2 Å². The summed E-state index contributed by atoms with van der Waals surface area (Å²) in [6, 6.07) is 0.